The number of fused-ring (bicyclic) bond motifs is 1. The van der Waals surface area contributed by atoms with Gasteiger partial charge in [-0.05, 0) is 30.7 Å². The number of rotatable bonds is 3. The molecule has 3 aromatic rings. The first-order chi connectivity index (χ1) is 11.0. The quantitative estimate of drug-likeness (QED) is 0.561. The van der Waals surface area contributed by atoms with E-state index in [0.29, 0.717) is 15.7 Å². The SMILES string of the molecule is Cc1c(Cl)ccc2sc(NC(=O)c3ccccc3[N+](=O)[O-])nc12. The smallest absolute Gasteiger partial charge is 0.282 e. The van der Waals surface area contributed by atoms with Gasteiger partial charge in [-0.1, -0.05) is 35.1 Å². The molecule has 0 atom stereocenters. The summed E-state index contributed by atoms with van der Waals surface area (Å²) in [6.07, 6.45) is 0. The van der Waals surface area contributed by atoms with Crippen LogP contribution < -0.4 is 5.32 Å². The molecular formula is C15H10ClN3O3S. The van der Waals surface area contributed by atoms with Crippen LogP contribution in [0.15, 0.2) is 36.4 Å². The van der Waals surface area contributed by atoms with Crippen molar-refractivity contribution in [1.82, 2.24) is 4.98 Å². The fourth-order valence-electron chi connectivity index (χ4n) is 2.14. The van der Waals surface area contributed by atoms with Gasteiger partial charge in [0, 0.05) is 11.1 Å². The number of carbonyl (C=O) groups excluding carboxylic acids is 1. The number of aromatic nitrogens is 1. The Hall–Kier alpha value is -2.51. The number of hydrogen-bond acceptors (Lipinski definition) is 5. The third-order valence-electron chi connectivity index (χ3n) is 3.31. The Morgan fingerprint density at radius 3 is 2.78 bits per heavy atom. The van der Waals surface area contributed by atoms with Crippen molar-refractivity contribution >= 4 is 49.9 Å². The highest BCUT2D eigenvalue weighted by Gasteiger charge is 2.20. The lowest BCUT2D eigenvalue weighted by Crippen LogP contribution is -2.13. The summed E-state index contributed by atoms with van der Waals surface area (Å²) in [4.78, 5) is 27.1. The Labute approximate surface area is 139 Å². The Kier molecular flexibility index (Phi) is 3.97. The summed E-state index contributed by atoms with van der Waals surface area (Å²) < 4.78 is 0.879. The molecule has 0 spiro atoms. The van der Waals surface area contributed by atoms with E-state index in [1.54, 1.807) is 12.1 Å². The molecule has 2 aromatic carbocycles. The van der Waals surface area contributed by atoms with E-state index in [0.717, 1.165) is 10.3 Å². The Bertz CT molecular complexity index is 939. The van der Waals surface area contributed by atoms with Crippen molar-refractivity contribution in [3.05, 3.63) is 62.7 Å². The molecule has 0 aliphatic heterocycles. The topological polar surface area (TPSA) is 85.1 Å². The maximum absolute atomic E-state index is 12.3. The van der Waals surface area contributed by atoms with Crippen molar-refractivity contribution < 1.29 is 9.72 Å². The number of nitrogens with zero attached hydrogens (tertiary/aromatic N) is 2. The van der Waals surface area contributed by atoms with Crippen LogP contribution in [0.25, 0.3) is 10.2 Å². The van der Waals surface area contributed by atoms with E-state index < -0.39 is 10.8 Å². The van der Waals surface area contributed by atoms with Crippen LogP contribution in [0.1, 0.15) is 15.9 Å². The number of para-hydroxylation sites is 1. The average Bonchev–Trinajstić information content (AvgIpc) is 2.94. The number of thiazole rings is 1. The third kappa shape index (κ3) is 2.88. The summed E-state index contributed by atoms with van der Waals surface area (Å²) in [6.45, 7) is 1.85. The number of nitrogens with one attached hydrogen (secondary N) is 1. The molecule has 23 heavy (non-hydrogen) atoms. The van der Waals surface area contributed by atoms with E-state index in [2.05, 4.69) is 10.3 Å². The number of aryl methyl sites for hydroxylation is 1. The standard InChI is InChI=1S/C15H10ClN3O3S/c1-8-10(16)6-7-12-13(8)17-15(23-12)18-14(20)9-4-2-3-5-11(9)19(21)22/h2-7H,1H3,(H,17,18,20). The minimum Gasteiger partial charge on any atom is -0.298 e. The van der Waals surface area contributed by atoms with Crippen molar-refractivity contribution in [1.29, 1.82) is 0 Å². The molecule has 3 rings (SSSR count). The maximum Gasteiger partial charge on any atom is 0.282 e. The molecule has 0 aliphatic rings. The van der Waals surface area contributed by atoms with Gasteiger partial charge in [0.25, 0.3) is 11.6 Å². The second-order valence-corrected chi connectivity index (χ2v) is 6.20. The molecule has 6 nitrogen and oxygen atoms in total. The van der Waals surface area contributed by atoms with Crippen LogP contribution in [0.4, 0.5) is 10.8 Å². The molecule has 0 saturated carbocycles. The lowest BCUT2D eigenvalue weighted by molar-refractivity contribution is -0.385. The van der Waals surface area contributed by atoms with E-state index in [1.165, 1.54) is 29.5 Å². The van der Waals surface area contributed by atoms with Gasteiger partial charge in [-0.25, -0.2) is 4.98 Å². The zero-order valence-electron chi connectivity index (χ0n) is 11.9. The molecule has 1 heterocycles. The van der Waals surface area contributed by atoms with Gasteiger partial charge in [0.05, 0.1) is 15.1 Å². The molecule has 1 aromatic heterocycles. The molecule has 0 fully saturated rings. The van der Waals surface area contributed by atoms with Crippen LogP contribution in [0, 0.1) is 17.0 Å². The van der Waals surface area contributed by atoms with Gasteiger partial charge in [0.15, 0.2) is 5.13 Å². The third-order valence-corrected chi connectivity index (χ3v) is 4.66. The Morgan fingerprint density at radius 1 is 1.30 bits per heavy atom. The average molecular weight is 348 g/mol. The number of nitro groups is 1. The predicted octanol–water partition coefficient (Wildman–Crippen LogP) is 4.42. The molecule has 0 radical (unpaired) electrons. The van der Waals surface area contributed by atoms with Crippen LogP contribution in [-0.4, -0.2) is 15.8 Å². The van der Waals surface area contributed by atoms with Gasteiger partial charge in [0.2, 0.25) is 0 Å². The summed E-state index contributed by atoms with van der Waals surface area (Å²) in [5, 5.41) is 14.6. The van der Waals surface area contributed by atoms with Crippen molar-refractivity contribution in [2.75, 3.05) is 5.32 Å². The molecule has 116 valence electrons. The first kappa shape index (κ1) is 15.4. The normalized spacial score (nSPS) is 10.7. The highest BCUT2D eigenvalue weighted by atomic mass is 35.5. The lowest BCUT2D eigenvalue weighted by atomic mass is 10.1. The van der Waals surface area contributed by atoms with Crippen molar-refractivity contribution in [3.63, 3.8) is 0 Å². The Morgan fingerprint density at radius 2 is 2.04 bits per heavy atom. The number of halogens is 1. The van der Waals surface area contributed by atoms with Crippen molar-refractivity contribution in [2.45, 2.75) is 6.92 Å². The molecular weight excluding hydrogens is 338 g/mol. The van der Waals surface area contributed by atoms with Gasteiger partial charge >= 0.3 is 0 Å². The first-order valence-electron chi connectivity index (χ1n) is 6.58. The minimum absolute atomic E-state index is 0.00786. The number of nitro benzene ring substituents is 1. The van der Waals surface area contributed by atoms with E-state index in [9.17, 15) is 14.9 Å². The highest BCUT2D eigenvalue weighted by Crippen LogP contribution is 2.32. The number of amides is 1. The van der Waals surface area contributed by atoms with Gasteiger partial charge in [-0.15, -0.1) is 0 Å². The monoisotopic (exact) mass is 347 g/mol. The van der Waals surface area contributed by atoms with Crippen LogP contribution in [-0.2, 0) is 0 Å². The van der Waals surface area contributed by atoms with Gasteiger partial charge in [0.1, 0.15) is 5.56 Å². The van der Waals surface area contributed by atoms with Crippen LogP contribution in [0.2, 0.25) is 5.02 Å². The summed E-state index contributed by atoms with van der Waals surface area (Å²) in [7, 11) is 0. The van der Waals surface area contributed by atoms with E-state index in [-0.39, 0.29) is 11.3 Å². The zero-order valence-corrected chi connectivity index (χ0v) is 13.4. The minimum atomic E-state index is -0.586. The lowest BCUT2D eigenvalue weighted by Gasteiger charge is -2.02. The molecule has 0 unspecified atom stereocenters. The van der Waals surface area contributed by atoms with E-state index >= 15 is 0 Å². The summed E-state index contributed by atoms with van der Waals surface area (Å²) >= 11 is 7.34. The number of carbonyl (C=O) groups is 1. The summed E-state index contributed by atoms with van der Waals surface area (Å²) in [5.74, 6) is -0.569. The van der Waals surface area contributed by atoms with Gasteiger partial charge in [-0.2, -0.15) is 0 Å². The van der Waals surface area contributed by atoms with E-state index in [4.69, 9.17) is 11.6 Å². The molecule has 8 heteroatoms. The van der Waals surface area contributed by atoms with Crippen LogP contribution in [0.3, 0.4) is 0 Å². The fourth-order valence-corrected chi connectivity index (χ4v) is 3.22. The second kappa shape index (κ2) is 5.94. The summed E-state index contributed by atoms with van der Waals surface area (Å²) in [6, 6.07) is 9.37. The van der Waals surface area contributed by atoms with Crippen molar-refractivity contribution in [3.8, 4) is 0 Å². The first-order valence-corrected chi connectivity index (χ1v) is 7.77. The molecule has 1 N–H and O–H groups in total. The molecule has 0 saturated heterocycles. The van der Waals surface area contributed by atoms with Crippen LogP contribution in [0.5, 0.6) is 0 Å². The zero-order chi connectivity index (χ0) is 16.6. The Balaban J connectivity index is 1.95. The van der Waals surface area contributed by atoms with Crippen molar-refractivity contribution in [2.24, 2.45) is 0 Å². The largest absolute Gasteiger partial charge is 0.298 e. The van der Waals surface area contributed by atoms with E-state index in [1.807, 2.05) is 13.0 Å². The molecule has 1 amide bonds. The number of anilines is 1. The van der Waals surface area contributed by atoms with Gasteiger partial charge in [-0.3, -0.25) is 20.2 Å². The van der Waals surface area contributed by atoms with Gasteiger partial charge < -0.3 is 0 Å². The number of hydrogen-bond donors (Lipinski definition) is 1. The molecule has 0 aliphatic carbocycles. The fraction of sp³-hybridized carbons (Fsp3) is 0.0667. The molecule has 0 bridgehead atoms. The second-order valence-electron chi connectivity index (χ2n) is 4.77. The van der Waals surface area contributed by atoms with Crippen LogP contribution >= 0.6 is 22.9 Å². The maximum atomic E-state index is 12.3. The highest BCUT2D eigenvalue weighted by molar-refractivity contribution is 7.22. The number of benzene rings is 2. The predicted molar refractivity (Wildman–Crippen MR) is 90.4 cm³/mol. The summed E-state index contributed by atoms with van der Waals surface area (Å²) in [5.41, 5.74) is 1.28.